The number of piperidine rings is 1. The lowest BCUT2D eigenvalue weighted by Gasteiger charge is -2.45. The van der Waals surface area contributed by atoms with Crippen LogP contribution in [0, 0.1) is 17.3 Å². The van der Waals surface area contributed by atoms with Crippen molar-refractivity contribution in [3.05, 3.63) is 70.7 Å². The van der Waals surface area contributed by atoms with E-state index in [0.717, 1.165) is 18.0 Å². The van der Waals surface area contributed by atoms with Crippen LogP contribution in [-0.2, 0) is 4.79 Å². The SMILES string of the molecule is CC(C)C(CNC(=O)c1ccccc1)C(=O)N1CCC(c2ccc(Cl)cc2)C(C)(C)C1. The first kappa shape index (κ1) is 23.3. The van der Waals surface area contributed by atoms with Crippen molar-refractivity contribution in [2.24, 2.45) is 17.3 Å². The van der Waals surface area contributed by atoms with Gasteiger partial charge >= 0.3 is 0 Å². The zero-order valence-corrected chi connectivity index (χ0v) is 19.7. The van der Waals surface area contributed by atoms with E-state index in [4.69, 9.17) is 11.6 Å². The summed E-state index contributed by atoms with van der Waals surface area (Å²) in [6.45, 7) is 10.3. The van der Waals surface area contributed by atoms with Crippen molar-refractivity contribution < 1.29 is 9.59 Å². The topological polar surface area (TPSA) is 49.4 Å². The third-order valence-corrected chi connectivity index (χ3v) is 6.71. The molecule has 1 aliphatic heterocycles. The number of hydrogen-bond donors (Lipinski definition) is 1. The van der Waals surface area contributed by atoms with Crippen LogP contribution in [0.25, 0.3) is 0 Å². The molecule has 0 aromatic heterocycles. The Hall–Kier alpha value is -2.33. The van der Waals surface area contributed by atoms with Crippen LogP contribution in [0.3, 0.4) is 0 Å². The van der Waals surface area contributed by atoms with Gasteiger partial charge in [-0.3, -0.25) is 9.59 Å². The predicted octanol–water partition coefficient (Wildman–Crippen LogP) is 5.38. The van der Waals surface area contributed by atoms with Gasteiger partial charge in [0.2, 0.25) is 5.91 Å². The van der Waals surface area contributed by atoms with E-state index in [1.165, 1.54) is 5.56 Å². The van der Waals surface area contributed by atoms with Crippen molar-refractivity contribution in [2.75, 3.05) is 19.6 Å². The molecule has 1 saturated heterocycles. The number of rotatable bonds is 6. The van der Waals surface area contributed by atoms with Crippen LogP contribution >= 0.6 is 11.6 Å². The molecule has 166 valence electrons. The molecule has 5 heteroatoms. The summed E-state index contributed by atoms with van der Waals surface area (Å²) in [4.78, 5) is 27.9. The molecule has 4 nitrogen and oxygen atoms in total. The van der Waals surface area contributed by atoms with E-state index >= 15 is 0 Å². The van der Waals surface area contributed by atoms with Crippen LogP contribution in [0.5, 0.6) is 0 Å². The third kappa shape index (κ3) is 5.68. The van der Waals surface area contributed by atoms with Crippen molar-refractivity contribution in [3.63, 3.8) is 0 Å². The molecule has 1 fully saturated rings. The predicted molar refractivity (Wildman–Crippen MR) is 126 cm³/mol. The van der Waals surface area contributed by atoms with Crippen molar-refractivity contribution in [1.82, 2.24) is 10.2 Å². The Labute approximate surface area is 191 Å². The summed E-state index contributed by atoms with van der Waals surface area (Å²) in [7, 11) is 0. The minimum atomic E-state index is -0.240. The molecule has 3 rings (SSSR count). The van der Waals surface area contributed by atoms with Gasteiger partial charge in [-0.2, -0.15) is 0 Å². The molecule has 31 heavy (non-hydrogen) atoms. The molecule has 1 N–H and O–H groups in total. The van der Waals surface area contributed by atoms with Crippen LogP contribution in [0.4, 0.5) is 0 Å². The van der Waals surface area contributed by atoms with E-state index in [2.05, 4.69) is 31.3 Å². The van der Waals surface area contributed by atoms with Crippen molar-refractivity contribution in [3.8, 4) is 0 Å². The largest absolute Gasteiger partial charge is 0.351 e. The van der Waals surface area contributed by atoms with Gasteiger partial charge in [-0.15, -0.1) is 0 Å². The van der Waals surface area contributed by atoms with E-state index in [0.29, 0.717) is 24.6 Å². The number of halogens is 1. The Morgan fingerprint density at radius 1 is 1.10 bits per heavy atom. The average Bonchev–Trinajstić information content (AvgIpc) is 2.74. The van der Waals surface area contributed by atoms with Gasteiger partial charge in [0.05, 0.1) is 5.92 Å². The molecule has 0 saturated carbocycles. The quantitative estimate of drug-likeness (QED) is 0.655. The number of hydrogen-bond acceptors (Lipinski definition) is 2. The minimum absolute atomic E-state index is 0.0451. The third-order valence-electron chi connectivity index (χ3n) is 6.45. The highest BCUT2D eigenvalue weighted by Crippen LogP contribution is 2.42. The van der Waals surface area contributed by atoms with Gasteiger partial charge in [0, 0.05) is 30.2 Å². The number of carbonyl (C=O) groups excluding carboxylic acids is 2. The van der Waals surface area contributed by atoms with E-state index in [1.54, 1.807) is 12.1 Å². The fourth-order valence-corrected chi connectivity index (χ4v) is 4.72. The molecular weight excluding hydrogens is 408 g/mol. The number of likely N-dealkylation sites (tertiary alicyclic amines) is 1. The molecule has 2 amide bonds. The van der Waals surface area contributed by atoms with Gasteiger partial charge in [0.25, 0.3) is 5.91 Å². The number of benzene rings is 2. The molecule has 2 unspecified atom stereocenters. The van der Waals surface area contributed by atoms with Gasteiger partial charge in [-0.05, 0) is 53.5 Å². The number of nitrogens with zero attached hydrogens (tertiary/aromatic N) is 1. The summed E-state index contributed by atoms with van der Waals surface area (Å²) < 4.78 is 0. The lowest BCUT2D eigenvalue weighted by atomic mass is 9.70. The smallest absolute Gasteiger partial charge is 0.251 e. The number of nitrogens with one attached hydrogen (secondary N) is 1. The second-order valence-electron chi connectivity index (χ2n) is 9.57. The highest BCUT2D eigenvalue weighted by Gasteiger charge is 2.40. The zero-order valence-electron chi connectivity index (χ0n) is 18.9. The highest BCUT2D eigenvalue weighted by atomic mass is 35.5. The Morgan fingerprint density at radius 2 is 1.74 bits per heavy atom. The Kier molecular flexibility index (Phi) is 7.42. The molecule has 0 spiro atoms. The fraction of sp³-hybridized carbons (Fsp3) is 0.462. The van der Waals surface area contributed by atoms with Crippen molar-refractivity contribution in [2.45, 2.75) is 40.0 Å². The summed E-state index contributed by atoms with van der Waals surface area (Å²) >= 11 is 6.06. The molecule has 1 heterocycles. The maximum Gasteiger partial charge on any atom is 0.251 e. The lowest BCUT2D eigenvalue weighted by molar-refractivity contribution is -0.140. The first-order chi connectivity index (χ1) is 14.7. The maximum atomic E-state index is 13.4. The van der Waals surface area contributed by atoms with E-state index < -0.39 is 0 Å². The van der Waals surface area contributed by atoms with Gasteiger partial charge < -0.3 is 10.2 Å². The first-order valence-electron chi connectivity index (χ1n) is 11.1. The summed E-state index contributed by atoms with van der Waals surface area (Å²) in [6.07, 6.45) is 0.918. The van der Waals surface area contributed by atoms with Crippen LogP contribution in [0.1, 0.15) is 56.0 Å². The van der Waals surface area contributed by atoms with Crippen molar-refractivity contribution >= 4 is 23.4 Å². The summed E-state index contributed by atoms with van der Waals surface area (Å²) in [5.74, 6) is 0.270. The summed E-state index contributed by atoms with van der Waals surface area (Å²) in [5.41, 5.74) is 1.84. The van der Waals surface area contributed by atoms with Gasteiger partial charge in [0.1, 0.15) is 0 Å². The summed E-state index contributed by atoms with van der Waals surface area (Å²) in [5, 5.41) is 3.70. The van der Waals surface area contributed by atoms with E-state index in [9.17, 15) is 9.59 Å². The molecule has 2 aromatic rings. The second-order valence-corrected chi connectivity index (χ2v) is 10.0. The molecular formula is C26H33ClN2O2. The molecule has 0 radical (unpaired) electrons. The van der Waals surface area contributed by atoms with Gasteiger partial charge in [-0.25, -0.2) is 0 Å². The first-order valence-corrected chi connectivity index (χ1v) is 11.4. The molecule has 2 atom stereocenters. The molecule has 1 aliphatic rings. The van der Waals surface area contributed by atoms with Crippen molar-refractivity contribution in [1.29, 1.82) is 0 Å². The van der Waals surface area contributed by atoms with Gasteiger partial charge in [-0.1, -0.05) is 69.6 Å². The highest BCUT2D eigenvalue weighted by molar-refractivity contribution is 6.30. The van der Waals surface area contributed by atoms with Crippen LogP contribution in [0.2, 0.25) is 5.02 Å². The molecule has 0 aliphatic carbocycles. The maximum absolute atomic E-state index is 13.4. The zero-order chi connectivity index (χ0) is 22.6. The monoisotopic (exact) mass is 440 g/mol. The van der Waals surface area contributed by atoms with Crippen LogP contribution in [0.15, 0.2) is 54.6 Å². The Balaban J connectivity index is 1.66. The van der Waals surface area contributed by atoms with E-state index in [1.807, 2.05) is 49.1 Å². The Bertz CT molecular complexity index is 893. The van der Waals surface area contributed by atoms with Crippen LogP contribution in [-0.4, -0.2) is 36.3 Å². The number of carbonyl (C=O) groups is 2. The number of amides is 2. The second kappa shape index (κ2) is 9.86. The lowest BCUT2D eigenvalue weighted by Crippen LogP contribution is -2.51. The molecule has 2 aromatic carbocycles. The van der Waals surface area contributed by atoms with E-state index in [-0.39, 0.29) is 29.1 Å². The minimum Gasteiger partial charge on any atom is -0.351 e. The molecule has 0 bridgehead atoms. The normalized spacial score (nSPS) is 19.2. The standard InChI is InChI=1S/C26H33ClN2O2/c1-18(2)22(16-28-24(30)20-8-6-5-7-9-20)25(31)29-15-14-23(26(3,4)17-29)19-10-12-21(27)13-11-19/h5-13,18,22-23H,14-17H2,1-4H3,(H,28,30). The van der Waals surface area contributed by atoms with Crippen LogP contribution < -0.4 is 5.32 Å². The average molecular weight is 441 g/mol. The van der Waals surface area contributed by atoms with Gasteiger partial charge in [0.15, 0.2) is 0 Å². The fourth-order valence-electron chi connectivity index (χ4n) is 4.59. The summed E-state index contributed by atoms with van der Waals surface area (Å²) in [6, 6.07) is 17.2. The Morgan fingerprint density at radius 3 is 2.32 bits per heavy atom.